The van der Waals surface area contributed by atoms with Gasteiger partial charge in [0.15, 0.2) is 5.16 Å². The van der Waals surface area contributed by atoms with Crippen molar-refractivity contribution in [3.63, 3.8) is 0 Å². The minimum absolute atomic E-state index is 0.261. The Hall–Kier alpha value is -2.00. The number of hydrogen-bond acceptors (Lipinski definition) is 4. The van der Waals surface area contributed by atoms with Gasteiger partial charge in [-0.15, -0.1) is 5.10 Å². The fourth-order valence-electron chi connectivity index (χ4n) is 1.28. The molecule has 0 aliphatic heterocycles. The van der Waals surface area contributed by atoms with E-state index in [9.17, 15) is 4.79 Å². The van der Waals surface area contributed by atoms with Crippen molar-refractivity contribution in [3.8, 4) is 11.8 Å². The molecule has 2 rings (SSSR count). The fraction of sp³-hybridized carbons (Fsp3) is 0.100. The molecule has 0 amide bonds. The zero-order valence-electron chi connectivity index (χ0n) is 8.25. The molecule has 80 valence electrons. The number of rotatable bonds is 3. The number of aromatic nitrogens is 3. The maximum atomic E-state index is 11.6. The average molecular weight is 232 g/mol. The number of nitrogens with one attached hydrogen (secondary N) is 1. The van der Waals surface area contributed by atoms with Gasteiger partial charge in [0.05, 0.1) is 17.5 Å². The normalized spacial score (nSPS) is 9.94. The Bertz CT molecular complexity index is 566. The lowest BCUT2D eigenvalue weighted by Crippen LogP contribution is -2.15. The largest absolute Gasteiger partial charge is 0.348 e. The van der Waals surface area contributed by atoms with Crippen molar-refractivity contribution in [2.75, 3.05) is 5.75 Å². The summed E-state index contributed by atoms with van der Waals surface area (Å²) in [5.74, 6) is 0.261. The third-order valence-electron chi connectivity index (χ3n) is 1.92. The Kier molecular flexibility index (Phi) is 3.08. The van der Waals surface area contributed by atoms with E-state index in [0.29, 0.717) is 5.16 Å². The molecule has 0 fully saturated rings. The van der Waals surface area contributed by atoms with E-state index in [1.807, 2.05) is 36.4 Å². The first kappa shape index (κ1) is 10.5. The van der Waals surface area contributed by atoms with Crippen LogP contribution >= 0.6 is 11.8 Å². The van der Waals surface area contributed by atoms with Crippen LogP contribution in [0.25, 0.3) is 5.69 Å². The molecule has 0 saturated carbocycles. The topological polar surface area (TPSA) is 74.5 Å². The second-order valence-electron chi connectivity index (χ2n) is 2.93. The SMILES string of the molecule is N#CCSc1n[nH]c(=O)n1-c1ccccc1. The van der Waals surface area contributed by atoms with E-state index in [1.165, 1.54) is 16.3 Å². The number of benzene rings is 1. The summed E-state index contributed by atoms with van der Waals surface area (Å²) >= 11 is 1.22. The van der Waals surface area contributed by atoms with Crippen LogP contribution in [0.15, 0.2) is 40.3 Å². The number of nitriles is 1. The lowest BCUT2D eigenvalue weighted by molar-refractivity contribution is 0.871. The number of H-pyrrole nitrogens is 1. The highest BCUT2D eigenvalue weighted by molar-refractivity contribution is 7.99. The average Bonchev–Trinajstić information content (AvgIpc) is 2.69. The summed E-state index contributed by atoms with van der Waals surface area (Å²) in [6.07, 6.45) is 0. The van der Waals surface area contributed by atoms with E-state index in [4.69, 9.17) is 5.26 Å². The maximum absolute atomic E-state index is 11.6. The third kappa shape index (κ3) is 1.99. The Morgan fingerprint density at radius 2 is 2.19 bits per heavy atom. The van der Waals surface area contributed by atoms with E-state index >= 15 is 0 Å². The standard InChI is InChI=1S/C10H8N4OS/c11-6-7-16-10-13-12-9(15)14(10)8-4-2-1-3-5-8/h1-5H,7H2,(H,12,15). The summed E-state index contributed by atoms with van der Waals surface area (Å²) in [5, 5.41) is 15.2. The van der Waals surface area contributed by atoms with Gasteiger partial charge in [0.2, 0.25) is 0 Å². The van der Waals surface area contributed by atoms with Crippen LogP contribution in [0.5, 0.6) is 0 Å². The second kappa shape index (κ2) is 4.68. The molecule has 0 atom stereocenters. The molecule has 0 saturated heterocycles. The van der Waals surface area contributed by atoms with Gasteiger partial charge in [-0.05, 0) is 12.1 Å². The number of aromatic amines is 1. The lowest BCUT2D eigenvalue weighted by atomic mass is 10.3. The molecule has 0 bridgehead atoms. The van der Waals surface area contributed by atoms with Crippen LogP contribution in [0.4, 0.5) is 0 Å². The van der Waals surface area contributed by atoms with E-state index in [1.54, 1.807) is 0 Å². The van der Waals surface area contributed by atoms with Crippen molar-refractivity contribution in [1.82, 2.24) is 14.8 Å². The smallest absolute Gasteiger partial charge is 0.246 e. The Balaban J connectivity index is 2.44. The van der Waals surface area contributed by atoms with Gasteiger partial charge in [0.1, 0.15) is 0 Å². The van der Waals surface area contributed by atoms with E-state index in [0.717, 1.165) is 5.69 Å². The summed E-state index contributed by atoms with van der Waals surface area (Å²) in [6, 6.07) is 11.2. The highest BCUT2D eigenvalue weighted by atomic mass is 32.2. The van der Waals surface area contributed by atoms with Gasteiger partial charge < -0.3 is 0 Å². The summed E-state index contributed by atoms with van der Waals surface area (Å²) in [7, 11) is 0. The lowest BCUT2D eigenvalue weighted by Gasteiger charge is -2.02. The molecular weight excluding hydrogens is 224 g/mol. The van der Waals surface area contributed by atoms with Crippen LogP contribution in [0.1, 0.15) is 0 Å². The van der Waals surface area contributed by atoms with Crippen molar-refractivity contribution in [1.29, 1.82) is 5.26 Å². The first-order valence-corrected chi connectivity index (χ1v) is 5.54. The van der Waals surface area contributed by atoms with E-state index in [2.05, 4.69) is 10.2 Å². The Labute approximate surface area is 95.7 Å². The third-order valence-corrected chi connectivity index (χ3v) is 2.73. The number of thioether (sulfide) groups is 1. The highest BCUT2D eigenvalue weighted by Gasteiger charge is 2.09. The van der Waals surface area contributed by atoms with E-state index in [-0.39, 0.29) is 11.4 Å². The zero-order chi connectivity index (χ0) is 11.4. The van der Waals surface area contributed by atoms with E-state index < -0.39 is 0 Å². The monoisotopic (exact) mass is 232 g/mol. The Morgan fingerprint density at radius 3 is 2.88 bits per heavy atom. The maximum Gasteiger partial charge on any atom is 0.348 e. The van der Waals surface area contributed by atoms with Gasteiger partial charge in [-0.3, -0.25) is 0 Å². The van der Waals surface area contributed by atoms with Crippen molar-refractivity contribution in [3.05, 3.63) is 40.8 Å². The summed E-state index contributed by atoms with van der Waals surface area (Å²) in [5.41, 5.74) is 0.438. The predicted molar refractivity (Wildman–Crippen MR) is 60.5 cm³/mol. The predicted octanol–water partition coefficient (Wildman–Crippen LogP) is 1.18. The van der Waals surface area contributed by atoms with Crippen molar-refractivity contribution in [2.45, 2.75) is 5.16 Å². The molecule has 16 heavy (non-hydrogen) atoms. The Morgan fingerprint density at radius 1 is 1.44 bits per heavy atom. The van der Waals surface area contributed by atoms with Crippen molar-refractivity contribution >= 4 is 11.8 Å². The molecule has 2 aromatic rings. The molecule has 6 heteroatoms. The molecule has 0 spiro atoms. The van der Waals surface area contributed by atoms with Crippen LogP contribution in [-0.2, 0) is 0 Å². The molecule has 0 radical (unpaired) electrons. The highest BCUT2D eigenvalue weighted by Crippen LogP contribution is 2.16. The van der Waals surface area contributed by atoms with Crippen LogP contribution < -0.4 is 5.69 Å². The van der Waals surface area contributed by atoms with Gasteiger partial charge in [0.25, 0.3) is 0 Å². The zero-order valence-corrected chi connectivity index (χ0v) is 9.07. The van der Waals surface area contributed by atoms with Gasteiger partial charge in [-0.2, -0.15) is 5.26 Å². The first-order chi connectivity index (χ1) is 7.83. The molecule has 0 unspecified atom stereocenters. The molecule has 1 heterocycles. The van der Waals surface area contributed by atoms with Crippen molar-refractivity contribution in [2.24, 2.45) is 0 Å². The number of nitrogens with zero attached hydrogens (tertiary/aromatic N) is 3. The van der Waals surface area contributed by atoms with Gasteiger partial charge >= 0.3 is 5.69 Å². The summed E-state index contributed by atoms with van der Waals surface area (Å²) in [4.78, 5) is 11.6. The van der Waals surface area contributed by atoms with Crippen molar-refractivity contribution < 1.29 is 0 Å². The quantitative estimate of drug-likeness (QED) is 0.806. The number of para-hydroxylation sites is 1. The van der Waals surface area contributed by atoms with Gasteiger partial charge in [-0.1, -0.05) is 30.0 Å². The molecular formula is C10H8N4OS. The van der Waals surface area contributed by atoms with Crippen LogP contribution in [0.3, 0.4) is 0 Å². The molecule has 1 aromatic carbocycles. The summed E-state index contributed by atoms with van der Waals surface area (Å²) in [6.45, 7) is 0. The van der Waals surface area contributed by atoms with Crippen LogP contribution in [0.2, 0.25) is 0 Å². The minimum atomic E-state index is -0.299. The molecule has 1 N–H and O–H groups in total. The van der Waals surface area contributed by atoms with Gasteiger partial charge in [-0.25, -0.2) is 14.5 Å². The van der Waals surface area contributed by atoms with Crippen LogP contribution in [-0.4, -0.2) is 20.5 Å². The summed E-state index contributed by atoms with van der Waals surface area (Å²) < 4.78 is 1.45. The molecule has 0 aliphatic rings. The second-order valence-corrected chi connectivity index (χ2v) is 3.87. The first-order valence-electron chi connectivity index (χ1n) is 4.55. The molecule has 1 aromatic heterocycles. The molecule has 0 aliphatic carbocycles. The molecule has 5 nitrogen and oxygen atoms in total. The van der Waals surface area contributed by atoms with Crippen LogP contribution in [0, 0.1) is 11.3 Å². The minimum Gasteiger partial charge on any atom is -0.246 e. The van der Waals surface area contributed by atoms with Gasteiger partial charge in [0, 0.05) is 0 Å². The fourth-order valence-corrected chi connectivity index (χ4v) is 1.90. The number of hydrogen-bond donors (Lipinski definition) is 1.